The van der Waals surface area contributed by atoms with E-state index in [0.717, 1.165) is 0 Å². The maximum Gasteiger partial charge on any atom is 0.253 e. The van der Waals surface area contributed by atoms with Crippen molar-refractivity contribution in [3.8, 4) is 11.3 Å². The molecule has 0 atom stereocenters. The molecule has 0 unspecified atom stereocenters. The highest BCUT2D eigenvalue weighted by Gasteiger charge is 2.21. The number of nitrogens with one attached hydrogen (secondary N) is 1. The van der Waals surface area contributed by atoms with Crippen molar-refractivity contribution in [2.75, 3.05) is 19.6 Å². The lowest BCUT2D eigenvalue weighted by molar-refractivity contribution is 0.0952. The number of benzene rings is 2. The second-order valence-corrected chi connectivity index (χ2v) is 9.12. The predicted molar refractivity (Wildman–Crippen MR) is 123 cm³/mol. The van der Waals surface area contributed by atoms with Crippen LogP contribution in [0.5, 0.6) is 0 Å². The van der Waals surface area contributed by atoms with Crippen LogP contribution < -0.4 is 10.9 Å². The van der Waals surface area contributed by atoms with Gasteiger partial charge >= 0.3 is 0 Å². The molecule has 10 heteroatoms. The minimum Gasteiger partial charge on any atom is -0.350 e. The van der Waals surface area contributed by atoms with Crippen LogP contribution in [0.25, 0.3) is 11.3 Å². The van der Waals surface area contributed by atoms with Crippen LogP contribution in [0.4, 0.5) is 4.39 Å². The molecule has 33 heavy (non-hydrogen) atoms. The Bertz CT molecular complexity index is 1270. The van der Waals surface area contributed by atoms with Gasteiger partial charge in [-0.2, -0.15) is 4.31 Å². The summed E-state index contributed by atoms with van der Waals surface area (Å²) in [5, 5.41) is 2.70. The zero-order valence-electron chi connectivity index (χ0n) is 18.4. The Morgan fingerprint density at radius 2 is 1.70 bits per heavy atom. The quantitative estimate of drug-likeness (QED) is 0.516. The average Bonchev–Trinajstić information content (AvgIpc) is 2.81. The van der Waals surface area contributed by atoms with Gasteiger partial charge in [0.15, 0.2) is 0 Å². The van der Waals surface area contributed by atoms with E-state index in [9.17, 15) is 22.4 Å². The minimum atomic E-state index is -3.59. The Hall–Kier alpha value is -3.37. The fourth-order valence-electron chi connectivity index (χ4n) is 3.26. The Labute approximate surface area is 191 Å². The van der Waals surface area contributed by atoms with Crippen LogP contribution in [0, 0.1) is 5.82 Å². The number of carbonyl (C=O) groups excluding carboxylic acids is 1. The summed E-state index contributed by atoms with van der Waals surface area (Å²) in [6.07, 6.45) is 1.38. The molecular formula is C23H25FN4O4S. The van der Waals surface area contributed by atoms with Crippen molar-refractivity contribution in [2.45, 2.75) is 25.3 Å². The molecule has 0 aliphatic carbocycles. The van der Waals surface area contributed by atoms with Crippen LogP contribution in [0.2, 0.25) is 0 Å². The molecule has 1 amide bonds. The predicted octanol–water partition coefficient (Wildman–Crippen LogP) is 2.51. The molecule has 0 fully saturated rings. The largest absolute Gasteiger partial charge is 0.350 e. The number of hydrogen-bond acceptors (Lipinski definition) is 5. The standard InChI is InChI=1S/C23H25FN4O4S/c1-3-28(4-2)33(31,32)20-11-7-18(8-12-20)23(30)25-13-14-27-16-26-21(15-22(27)29)17-5-9-19(24)10-6-17/h5-12,15-16H,3-4,13-14H2,1-2H3,(H,25,30). The molecule has 3 aromatic rings. The molecule has 3 rings (SSSR count). The average molecular weight is 473 g/mol. The first-order chi connectivity index (χ1) is 15.8. The van der Waals surface area contributed by atoms with E-state index >= 15 is 0 Å². The molecule has 0 aliphatic rings. The number of carbonyl (C=O) groups is 1. The smallest absolute Gasteiger partial charge is 0.253 e. The van der Waals surface area contributed by atoms with E-state index in [1.807, 2.05) is 0 Å². The summed E-state index contributed by atoms with van der Waals surface area (Å²) in [6, 6.07) is 12.8. The zero-order chi connectivity index (χ0) is 24.0. The van der Waals surface area contributed by atoms with Gasteiger partial charge in [0, 0.05) is 43.4 Å². The highest BCUT2D eigenvalue weighted by molar-refractivity contribution is 7.89. The van der Waals surface area contributed by atoms with E-state index in [1.54, 1.807) is 26.0 Å². The lowest BCUT2D eigenvalue weighted by Gasteiger charge is -2.18. The van der Waals surface area contributed by atoms with Crippen molar-refractivity contribution in [1.29, 1.82) is 0 Å². The molecular weight excluding hydrogens is 447 g/mol. The molecule has 0 spiro atoms. The van der Waals surface area contributed by atoms with Gasteiger partial charge in [0.25, 0.3) is 11.5 Å². The first-order valence-electron chi connectivity index (χ1n) is 10.5. The van der Waals surface area contributed by atoms with Crippen molar-refractivity contribution < 1.29 is 17.6 Å². The second-order valence-electron chi connectivity index (χ2n) is 7.18. The van der Waals surface area contributed by atoms with Crippen LogP contribution in [0.1, 0.15) is 24.2 Å². The number of halogens is 1. The van der Waals surface area contributed by atoms with Gasteiger partial charge < -0.3 is 5.32 Å². The second kappa shape index (κ2) is 10.5. The summed E-state index contributed by atoms with van der Waals surface area (Å²) < 4.78 is 40.8. The number of rotatable bonds is 9. The van der Waals surface area contributed by atoms with E-state index in [1.165, 1.54) is 57.7 Å². The van der Waals surface area contributed by atoms with Gasteiger partial charge in [0.1, 0.15) is 5.82 Å². The molecule has 0 aliphatic heterocycles. The SMILES string of the molecule is CCN(CC)S(=O)(=O)c1ccc(C(=O)NCCn2cnc(-c3ccc(F)cc3)cc2=O)cc1. The van der Waals surface area contributed by atoms with Gasteiger partial charge in [-0.15, -0.1) is 0 Å². The normalized spacial score (nSPS) is 11.5. The summed E-state index contributed by atoms with van der Waals surface area (Å²) in [5.74, 6) is -0.756. The lowest BCUT2D eigenvalue weighted by atomic mass is 10.1. The highest BCUT2D eigenvalue weighted by atomic mass is 32.2. The van der Waals surface area contributed by atoms with E-state index in [2.05, 4.69) is 10.3 Å². The minimum absolute atomic E-state index is 0.127. The number of aromatic nitrogens is 2. The summed E-state index contributed by atoms with van der Waals surface area (Å²) in [4.78, 5) is 29.1. The third kappa shape index (κ3) is 5.71. The number of amides is 1. The Balaban J connectivity index is 1.60. The van der Waals surface area contributed by atoms with E-state index in [-0.39, 0.29) is 35.3 Å². The zero-order valence-corrected chi connectivity index (χ0v) is 19.2. The highest BCUT2D eigenvalue weighted by Crippen LogP contribution is 2.17. The third-order valence-corrected chi connectivity index (χ3v) is 7.18. The van der Waals surface area contributed by atoms with Crippen molar-refractivity contribution in [3.63, 3.8) is 0 Å². The van der Waals surface area contributed by atoms with Crippen LogP contribution in [-0.4, -0.2) is 47.8 Å². The maximum absolute atomic E-state index is 13.1. The number of sulfonamides is 1. The van der Waals surface area contributed by atoms with E-state index in [4.69, 9.17) is 0 Å². The molecule has 0 saturated heterocycles. The van der Waals surface area contributed by atoms with Crippen molar-refractivity contribution in [3.05, 3.63) is 82.7 Å². The van der Waals surface area contributed by atoms with Gasteiger partial charge in [0.2, 0.25) is 10.0 Å². The van der Waals surface area contributed by atoms with Crippen LogP contribution in [0.3, 0.4) is 0 Å². The monoisotopic (exact) mass is 472 g/mol. The van der Waals surface area contributed by atoms with Crippen LogP contribution >= 0.6 is 0 Å². The fraction of sp³-hybridized carbons (Fsp3) is 0.261. The Morgan fingerprint density at radius 1 is 1.06 bits per heavy atom. The Morgan fingerprint density at radius 3 is 2.27 bits per heavy atom. The molecule has 8 nitrogen and oxygen atoms in total. The molecule has 0 bridgehead atoms. The summed E-state index contributed by atoms with van der Waals surface area (Å²) in [7, 11) is -3.59. The molecule has 2 aromatic carbocycles. The fourth-order valence-corrected chi connectivity index (χ4v) is 4.71. The summed E-state index contributed by atoms with van der Waals surface area (Å²) in [6.45, 7) is 4.63. The first kappa shape index (κ1) is 24.3. The van der Waals surface area contributed by atoms with Gasteiger partial charge in [-0.25, -0.2) is 17.8 Å². The van der Waals surface area contributed by atoms with E-state index in [0.29, 0.717) is 29.9 Å². The molecule has 174 valence electrons. The van der Waals surface area contributed by atoms with Crippen LogP contribution in [0.15, 0.2) is 70.6 Å². The first-order valence-corrected chi connectivity index (χ1v) is 11.9. The topological polar surface area (TPSA) is 101 Å². The van der Waals surface area contributed by atoms with Crippen molar-refractivity contribution >= 4 is 15.9 Å². The molecule has 0 radical (unpaired) electrons. The van der Waals surface area contributed by atoms with Gasteiger partial charge in [-0.3, -0.25) is 14.2 Å². The summed E-state index contributed by atoms with van der Waals surface area (Å²) in [5.41, 5.74) is 1.07. The van der Waals surface area contributed by atoms with Crippen molar-refractivity contribution in [1.82, 2.24) is 19.2 Å². The van der Waals surface area contributed by atoms with Gasteiger partial charge in [-0.05, 0) is 48.5 Å². The number of hydrogen-bond donors (Lipinski definition) is 1. The van der Waals surface area contributed by atoms with E-state index < -0.39 is 10.0 Å². The van der Waals surface area contributed by atoms with Gasteiger partial charge in [0.05, 0.1) is 16.9 Å². The van der Waals surface area contributed by atoms with Crippen molar-refractivity contribution in [2.24, 2.45) is 0 Å². The van der Waals surface area contributed by atoms with Crippen LogP contribution in [-0.2, 0) is 16.6 Å². The number of nitrogens with zero attached hydrogens (tertiary/aromatic N) is 3. The molecule has 1 heterocycles. The molecule has 1 N–H and O–H groups in total. The summed E-state index contributed by atoms with van der Waals surface area (Å²) >= 11 is 0. The third-order valence-electron chi connectivity index (χ3n) is 5.12. The maximum atomic E-state index is 13.1. The molecule has 1 aromatic heterocycles. The Kier molecular flexibility index (Phi) is 7.72. The molecule has 0 saturated carbocycles. The lowest BCUT2D eigenvalue weighted by Crippen LogP contribution is -2.31. The van der Waals surface area contributed by atoms with Gasteiger partial charge in [-0.1, -0.05) is 13.8 Å².